The standard InChI is InChI=1S/C24H32N4O2/c1-19-25-22(18-23(26-19)30-21-10-6-3-7-11-21)27-14-16-28(17-15-27)24(29)13-12-20-8-4-2-5-9-20/h3,6-7,10-11,18,20H,2,4-5,8-9,12-17H2,1H3. The minimum atomic E-state index is 0.312. The van der Waals surface area contributed by atoms with Gasteiger partial charge in [0.15, 0.2) is 0 Å². The first-order valence-corrected chi connectivity index (χ1v) is 11.3. The van der Waals surface area contributed by atoms with Crippen molar-refractivity contribution >= 4 is 11.7 Å². The van der Waals surface area contributed by atoms with Gasteiger partial charge in [-0.3, -0.25) is 4.79 Å². The molecule has 0 bridgehead atoms. The van der Waals surface area contributed by atoms with E-state index in [1.807, 2.05) is 48.2 Å². The van der Waals surface area contributed by atoms with Crippen molar-refractivity contribution < 1.29 is 9.53 Å². The summed E-state index contributed by atoms with van der Waals surface area (Å²) in [5.74, 6) is 3.93. The average Bonchev–Trinajstić information content (AvgIpc) is 2.78. The molecular formula is C24H32N4O2. The van der Waals surface area contributed by atoms with Gasteiger partial charge in [-0.15, -0.1) is 0 Å². The van der Waals surface area contributed by atoms with E-state index in [4.69, 9.17) is 4.74 Å². The highest BCUT2D eigenvalue weighted by atomic mass is 16.5. The molecule has 0 spiro atoms. The van der Waals surface area contributed by atoms with Crippen LogP contribution in [0.4, 0.5) is 5.82 Å². The summed E-state index contributed by atoms with van der Waals surface area (Å²) >= 11 is 0. The van der Waals surface area contributed by atoms with Gasteiger partial charge in [0, 0.05) is 38.7 Å². The summed E-state index contributed by atoms with van der Waals surface area (Å²) < 4.78 is 5.90. The van der Waals surface area contributed by atoms with E-state index in [0.717, 1.165) is 50.1 Å². The number of nitrogens with zero attached hydrogens (tertiary/aromatic N) is 4. The molecule has 0 N–H and O–H groups in total. The molecule has 1 amide bonds. The fourth-order valence-corrected chi connectivity index (χ4v) is 4.50. The third kappa shape index (κ3) is 5.49. The summed E-state index contributed by atoms with van der Waals surface area (Å²) in [5.41, 5.74) is 0. The van der Waals surface area contributed by atoms with E-state index in [1.165, 1.54) is 32.1 Å². The van der Waals surface area contributed by atoms with Crippen molar-refractivity contribution in [1.82, 2.24) is 14.9 Å². The van der Waals surface area contributed by atoms with Crippen molar-refractivity contribution in [1.29, 1.82) is 0 Å². The van der Waals surface area contributed by atoms with Gasteiger partial charge in [-0.25, -0.2) is 4.98 Å². The maximum atomic E-state index is 12.7. The second kappa shape index (κ2) is 9.92. The van der Waals surface area contributed by atoms with Crippen LogP contribution in [0.2, 0.25) is 0 Å². The Morgan fingerprint density at radius 1 is 1.03 bits per heavy atom. The van der Waals surface area contributed by atoms with Gasteiger partial charge >= 0.3 is 0 Å². The van der Waals surface area contributed by atoms with Crippen LogP contribution >= 0.6 is 0 Å². The van der Waals surface area contributed by atoms with Crippen LogP contribution in [-0.4, -0.2) is 47.0 Å². The number of amides is 1. The molecule has 30 heavy (non-hydrogen) atoms. The minimum Gasteiger partial charge on any atom is -0.439 e. The highest BCUT2D eigenvalue weighted by Crippen LogP contribution is 2.28. The van der Waals surface area contributed by atoms with Crippen LogP contribution < -0.4 is 9.64 Å². The van der Waals surface area contributed by atoms with Crippen LogP contribution in [0.3, 0.4) is 0 Å². The molecule has 1 saturated heterocycles. The molecule has 2 heterocycles. The SMILES string of the molecule is Cc1nc(Oc2ccccc2)cc(N2CCN(C(=O)CCC3CCCCC3)CC2)n1. The zero-order valence-electron chi connectivity index (χ0n) is 17.9. The van der Waals surface area contributed by atoms with E-state index in [0.29, 0.717) is 24.0 Å². The lowest BCUT2D eigenvalue weighted by Crippen LogP contribution is -2.49. The van der Waals surface area contributed by atoms with Gasteiger partial charge in [0.25, 0.3) is 0 Å². The van der Waals surface area contributed by atoms with Crippen LogP contribution in [0.15, 0.2) is 36.4 Å². The van der Waals surface area contributed by atoms with Gasteiger partial charge in [0.1, 0.15) is 17.4 Å². The molecule has 4 rings (SSSR count). The van der Waals surface area contributed by atoms with Crippen LogP contribution in [0.5, 0.6) is 11.6 Å². The molecule has 2 fully saturated rings. The lowest BCUT2D eigenvalue weighted by Gasteiger charge is -2.36. The number of carbonyl (C=O) groups excluding carboxylic acids is 1. The Hall–Kier alpha value is -2.63. The fraction of sp³-hybridized carbons (Fsp3) is 0.542. The molecule has 0 atom stereocenters. The smallest absolute Gasteiger partial charge is 0.224 e. The summed E-state index contributed by atoms with van der Waals surface area (Å²) in [6.07, 6.45) is 8.42. The first kappa shape index (κ1) is 20.6. The van der Waals surface area contributed by atoms with Crippen molar-refractivity contribution in [2.45, 2.75) is 51.9 Å². The van der Waals surface area contributed by atoms with Crippen LogP contribution in [-0.2, 0) is 4.79 Å². The maximum Gasteiger partial charge on any atom is 0.224 e. The molecule has 6 heteroatoms. The number of rotatable bonds is 6. The predicted molar refractivity (Wildman–Crippen MR) is 118 cm³/mol. The van der Waals surface area contributed by atoms with Gasteiger partial charge in [-0.2, -0.15) is 4.98 Å². The fourth-order valence-electron chi connectivity index (χ4n) is 4.50. The first-order valence-electron chi connectivity index (χ1n) is 11.3. The lowest BCUT2D eigenvalue weighted by molar-refractivity contribution is -0.131. The molecule has 1 saturated carbocycles. The first-order chi connectivity index (χ1) is 14.7. The van der Waals surface area contributed by atoms with Crippen molar-refractivity contribution in [3.05, 3.63) is 42.2 Å². The second-order valence-electron chi connectivity index (χ2n) is 8.44. The number of piperazine rings is 1. The Morgan fingerprint density at radius 3 is 2.50 bits per heavy atom. The van der Waals surface area contributed by atoms with Crippen molar-refractivity contribution in [2.75, 3.05) is 31.1 Å². The molecule has 0 radical (unpaired) electrons. The van der Waals surface area contributed by atoms with Gasteiger partial charge < -0.3 is 14.5 Å². The molecule has 1 aliphatic carbocycles. The Kier molecular flexibility index (Phi) is 6.82. The van der Waals surface area contributed by atoms with Crippen LogP contribution in [0.1, 0.15) is 50.8 Å². The number of ether oxygens (including phenoxy) is 1. The van der Waals surface area contributed by atoms with E-state index in [9.17, 15) is 4.79 Å². The molecular weight excluding hydrogens is 376 g/mol. The zero-order valence-corrected chi connectivity index (χ0v) is 17.9. The van der Waals surface area contributed by atoms with E-state index in [-0.39, 0.29) is 0 Å². The maximum absolute atomic E-state index is 12.7. The van der Waals surface area contributed by atoms with Gasteiger partial charge in [0.05, 0.1) is 0 Å². The average molecular weight is 409 g/mol. The number of para-hydroxylation sites is 1. The number of anilines is 1. The number of aromatic nitrogens is 2. The van der Waals surface area contributed by atoms with E-state index < -0.39 is 0 Å². The van der Waals surface area contributed by atoms with Gasteiger partial charge in [-0.1, -0.05) is 50.3 Å². The summed E-state index contributed by atoms with van der Waals surface area (Å²) in [4.78, 5) is 25.9. The summed E-state index contributed by atoms with van der Waals surface area (Å²) in [6, 6.07) is 11.5. The molecule has 1 aromatic carbocycles. The summed E-state index contributed by atoms with van der Waals surface area (Å²) in [6.45, 7) is 4.96. The topological polar surface area (TPSA) is 58.6 Å². The number of aryl methyl sites for hydroxylation is 1. The number of benzene rings is 1. The van der Waals surface area contributed by atoms with Gasteiger partial charge in [-0.05, 0) is 31.4 Å². The highest BCUT2D eigenvalue weighted by molar-refractivity contribution is 5.76. The Labute approximate surface area is 179 Å². The molecule has 2 aliphatic rings. The number of hydrogen-bond acceptors (Lipinski definition) is 5. The largest absolute Gasteiger partial charge is 0.439 e. The Balaban J connectivity index is 1.30. The quantitative estimate of drug-likeness (QED) is 0.700. The molecule has 0 unspecified atom stereocenters. The highest BCUT2D eigenvalue weighted by Gasteiger charge is 2.23. The third-order valence-electron chi connectivity index (χ3n) is 6.21. The van der Waals surface area contributed by atoms with Crippen LogP contribution in [0, 0.1) is 12.8 Å². The zero-order chi connectivity index (χ0) is 20.8. The van der Waals surface area contributed by atoms with Crippen molar-refractivity contribution in [2.24, 2.45) is 5.92 Å². The number of carbonyl (C=O) groups is 1. The second-order valence-corrected chi connectivity index (χ2v) is 8.44. The Bertz CT molecular complexity index is 828. The lowest BCUT2D eigenvalue weighted by atomic mass is 9.86. The third-order valence-corrected chi connectivity index (χ3v) is 6.21. The van der Waals surface area contributed by atoms with Gasteiger partial charge in [0.2, 0.25) is 11.8 Å². The molecule has 6 nitrogen and oxygen atoms in total. The molecule has 1 aromatic heterocycles. The van der Waals surface area contributed by atoms with Crippen molar-refractivity contribution in [3.63, 3.8) is 0 Å². The molecule has 160 valence electrons. The van der Waals surface area contributed by atoms with E-state index >= 15 is 0 Å². The molecule has 2 aromatic rings. The normalized spacial score (nSPS) is 17.8. The minimum absolute atomic E-state index is 0.312. The van der Waals surface area contributed by atoms with E-state index in [2.05, 4.69) is 14.9 Å². The molecule has 1 aliphatic heterocycles. The van der Waals surface area contributed by atoms with Crippen LogP contribution in [0.25, 0.3) is 0 Å². The summed E-state index contributed by atoms with van der Waals surface area (Å²) in [5, 5.41) is 0. The summed E-state index contributed by atoms with van der Waals surface area (Å²) in [7, 11) is 0. The van der Waals surface area contributed by atoms with E-state index in [1.54, 1.807) is 0 Å². The Morgan fingerprint density at radius 2 is 1.77 bits per heavy atom. The predicted octanol–water partition coefficient (Wildman–Crippen LogP) is 4.59. The van der Waals surface area contributed by atoms with Crippen molar-refractivity contribution in [3.8, 4) is 11.6 Å². The monoisotopic (exact) mass is 408 g/mol. The number of hydrogen-bond donors (Lipinski definition) is 0.